The summed E-state index contributed by atoms with van der Waals surface area (Å²) in [6, 6.07) is 5.97. The molecule has 0 spiro atoms. The van der Waals surface area contributed by atoms with E-state index in [0.717, 1.165) is 0 Å². The van der Waals surface area contributed by atoms with E-state index in [0.29, 0.717) is 5.56 Å². The molecular weight excluding hydrogens is 208 g/mol. The maximum atomic E-state index is 11.7. The molecule has 86 valence electrons. The van der Waals surface area contributed by atoms with Crippen molar-refractivity contribution in [1.82, 2.24) is 4.90 Å². The number of carbonyl (C=O) groups is 2. The highest BCUT2D eigenvalue weighted by Gasteiger charge is 2.10. The number of hydrogen-bond donors (Lipinski definition) is 2. The Morgan fingerprint density at radius 1 is 1.25 bits per heavy atom. The van der Waals surface area contributed by atoms with E-state index in [1.54, 1.807) is 7.05 Å². The quantitative estimate of drug-likeness (QED) is 0.686. The number of phenols is 1. The van der Waals surface area contributed by atoms with Gasteiger partial charge in [-0.15, -0.1) is 0 Å². The number of carbonyl (C=O) groups excluding carboxylic acids is 2. The van der Waals surface area contributed by atoms with E-state index in [9.17, 15) is 9.59 Å². The molecule has 0 saturated carbocycles. The standard InChI is InChI=1S/C11H14N2O3/c1-13(7-11(12)16)6-10(15)8-2-4-9(14)5-3-8/h2-5,14H,6-7H2,1H3,(H2,12,16). The molecular formula is C11H14N2O3. The number of hydrogen-bond acceptors (Lipinski definition) is 4. The Morgan fingerprint density at radius 3 is 2.31 bits per heavy atom. The van der Waals surface area contributed by atoms with Gasteiger partial charge >= 0.3 is 0 Å². The highest BCUT2D eigenvalue weighted by molar-refractivity contribution is 5.97. The summed E-state index contributed by atoms with van der Waals surface area (Å²) in [5.74, 6) is -0.480. The normalized spacial score (nSPS) is 10.4. The Morgan fingerprint density at radius 2 is 1.81 bits per heavy atom. The molecule has 16 heavy (non-hydrogen) atoms. The van der Waals surface area contributed by atoms with Crippen molar-refractivity contribution >= 4 is 11.7 Å². The van der Waals surface area contributed by atoms with Crippen molar-refractivity contribution in [1.29, 1.82) is 0 Å². The van der Waals surface area contributed by atoms with E-state index in [-0.39, 0.29) is 24.6 Å². The van der Waals surface area contributed by atoms with Crippen LogP contribution in [0.5, 0.6) is 5.75 Å². The minimum Gasteiger partial charge on any atom is -0.508 e. The van der Waals surface area contributed by atoms with Crippen molar-refractivity contribution in [2.45, 2.75) is 0 Å². The van der Waals surface area contributed by atoms with Gasteiger partial charge in [0.15, 0.2) is 5.78 Å². The van der Waals surface area contributed by atoms with Gasteiger partial charge in [0.05, 0.1) is 13.1 Å². The van der Waals surface area contributed by atoms with Crippen LogP contribution in [0.15, 0.2) is 24.3 Å². The highest BCUT2D eigenvalue weighted by atomic mass is 16.3. The summed E-state index contributed by atoms with van der Waals surface area (Å²) in [5.41, 5.74) is 5.50. The van der Waals surface area contributed by atoms with Crippen LogP contribution < -0.4 is 5.73 Å². The number of ketones is 1. The summed E-state index contributed by atoms with van der Waals surface area (Å²) in [7, 11) is 1.64. The first-order valence-electron chi connectivity index (χ1n) is 4.78. The number of nitrogens with two attached hydrogens (primary N) is 1. The van der Waals surface area contributed by atoms with Gasteiger partial charge < -0.3 is 10.8 Å². The second-order valence-corrected chi connectivity index (χ2v) is 3.61. The Labute approximate surface area is 93.5 Å². The zero-order valence-corrected chi connectivity index (χ0v) is 9.01. The zero-order chi connectivity index (χ0) is 12.1. The number of likely N-dealkylation sites (N-methyl/N-ethyl adjacent to an activating group) is 1. The van der Waals surface area contributed by atoms with Gasteiger partial charge in [0.1, 0.15) is 5.75 Å². The largest absolute Gasteiger partial charge is 0.508 e. The molecule has 0 aliphatic carbocycles. The molecule has 5 nitrogen and oxygen atoms in total. The Kier molecular flexibility index (Phi) is 4.02. The van der Waals surface area contributed by atoms with Crippen LogP contribution in [0.1, 0.15) is 10.4 Å². The first-order chi connectivity index (χ1) is 7.49. The Hall–Kier alpha value is -1.88. The van der Waals surface area contributed by atoms with E-state index >= 15 is 0 Å². The minimum atomic E-state index is -0.471. The van der Waals surface area contributed by atoms with Gasteiger partial charge in [-0.25, -0.2) is 0 Å². The van der Waals surface area contributed by atoms with Crippen LogP contribution in [0.3, 0.4) is 0 Å². The number of rotatable bonds is 5. The molecule has 0 saturated heterocycles. The molecule has 0 aromatic heterocycles. The van der Waals surface area contributed by atoms with Crippen molar-refractivity contribution in [3.05, 3.63) is 29.8 Å². The molecule has 0 heterocycles. The van der Waals surface area contributed by atoms with Crippen molar-refractivity contribution in [3.8, 4) is 5.75 Å². The molecule has 0 aliphatic heterocycles. The summed E-state index contributed by atoms with van der Waals surface area (Å²) in [6.07, 6.45) is 0. The summed E-state index contributed by atoms with van der Waals surface area (Å²) >= 11 is 0. The van der Waals surface area contributed by atoms with Gasteiger partial charge in [0.25, 0.3) is 0 Å². The maximum Gasteiger partial charge on any atom is 0.231 e. The molecule has 1 amide bonds. The monoisotopic (exact) mass is 222 g/mol. The molecule has 0 unspecified atom stereocenters. The fourth-order valence-electron chi connectivity index (χ4n) is 1.31. The van der Waals surface area contributed by atoms with Crippen LogP contribution in [0.25, 0.3) is 0 Å². The van der Waals surface area contributed by atoms with E-state index in [1.165, 1.54) is 29.2 Å². The molecule has 0 fully saturated rings. The van der Waals surface area contributed by atoms with Gasteiger partial charge in [-0.1, -0.05) is 0 Å². The van der Waals surface area contributed by atoms with Crippen LogP contribution in [0.4, 0.5) is 0 Å². The molecule has 5 heteroatoms. The van der Waals surface area contributed by atoms with Crippen LogP contribution >= 0.6 is 0 Å². The van der Waals surface area contributed by atoms with Crippen LogP contribution in [0, 0.1) is 0 Å². The lowest BCUT2D eigenvalue weighted by Gasteiger charge is -2.13. The second-order valence-electron chi connectivity index (χ2n) is 3.61. The average Bonchev–Trinajstić information content (AvgIpc) is 2.16. The first-order valence-corrected chi connectivity index (χ1v) is 4.78. The number of primary amides is 1. The lowest BCUT2D eigenvalue weighted by Crippen LogP contribution is -2.34. The summed E-state index contributed by atoms with van der Waals surface area (Å²) < 4.78 is 0. The Balaban J connectivity index is 2.58. The van der Waals surface area contributed by atoms with Gasteiger partial charge in [0.2, 0.25) is 5.91 Å². The molecule has 3 N–H and O–H groups in total. The van der Waals surface area contributed by atoms with Crippen molar-refractivity contribution in [3.63, 3.8) is 0 Å². The van der Waals surface area contributed by atoms with E-state index in [4.69, 9.17) is 10.8 Å². The summed E-state index contributed by atoms with van der Waals surface area (Å²) in [6.45, 7) is 0.164. The molecule has 1 rings (SSSR count). The van der Waals surface area contributed by atoms with E-state index in [2.05, 4.69) is 0 Å². The predicted octanol–water partition coefficient (Wildman–Crippen LogP) is -0.00800. The van der Waals surface area contributed by atoms with Crippen molar-refractivity contribution < 1.29 is 14.7 Å². The zero-order valence-electron chi connectivity index (χ0n) is 9.01. The van der Waals surface area contributed by atoms with Gasteiger partial charge in [-0.05, 0) is 31.3 Å². The number of phenolic OH excluding ortho intramolecular Hbond substituents is 1. The van der Waals surface area contributed by atoms with Crippen molar-refractivity contribution in [2.24, 2.45) is 5.73 Å². The minimum absolute atomic E-state index is 0.0455. The molecule has 0 atom stereocenters. The third-order valence-corrected chi connectivity index (χ3v) is 2.03. The molecule has 0 aliphatic rings. The van der Waals surface area contributed by atoms with E-state index in [1.807, 2.05) is 0 Å². The molecule has 0 bridgehead atoms. The molecule has 0 radical (unpaired) electrons. The first kappa shape index (κ1) is 12.2. The highest BCUT2D eigenvalue weighted by Crippen LogP contribution is 2.10. The lowest BCUT2D eigenvalue weighted by molar-refractivity contribution is -0.118. The smallest absolute Gasteiger partial charge is 0.231 e. The van der Waals surface area contributed by atoms with Crippen molar-refractivity contribution in [2.75, 3.05) is 20.1 Å². The SMILES string of the molecule is CN(CC(N)=O)CC(=O)c1ccc(O)cc1. The summed E-state index contributed by atoms with van der Waals surface area (Å²) in [4.78, 5) is 23.8. The van der Waals surface area contributed by atoms with Crippen LogP contribution in [-0.2, 0) is 4.79 Å². The van der Waals surface area contributed by atoms with Gasteiger partial charge in [-0.3, -0.25) is 14.5 Å². The number of amides is 1. The number of benzene rings is 1. The third kappa shape index (κ3) is 3.70. The fourth-order valence-corrected chi connectivity index (χ4v) is 1.31. The van der Waals surface area contributed by atoms with Crippen LogP contribution in [-0.4, -0.2) is 41.8 Å². The number of nitrogens with zero attached hydrogens (tertiary/aromatic N) is 1. The number of aromatic hydroxyl groups is 1. The summed E-state index contributed by atoms with van der Waals surface area (Å²) in [5, 5.41) is 9.06. The Bertz CT molecular complexity index is 387. The predicted molar refractivity (Wildman–Crippen MR) is 59.1 cm³/mol. The fraction of sp³-hybridized carbons (Fsp3) is 0.273. The lowest BCUT2D eigenvalue weighted by atomic mass is 10.1. The molecule has 1 aromatic rings. The van der Waals surface area contributed by atoms with E-state index < -0.39 is 5.91 Å². The third-order valence-electron chi connectivity index (χ3n) is 2.03. The average molecular weight is 222 g/mol. The second kappa shape index (κ2) is 5.27. The number of Topliss-reactive ketones (excluding diaryl/α,β-unsaturated/α-hetero) is 1. The maximum absolute atomic E-state index is 11.7. The molecule has 1 aromatic carbocycles. The van der Waals surface area contributed by atoms with Crippen LogP contribution in [0.2, 0.25) is 0 Å². The topological polar surface area (TPSA) is 83.6 Å². The van der Waals surface area contributed by atoms with Gasteiger partial charge in [-0.2, -0.15) is 0 Å². The van der Waals surface area contributed by atoms with Gasteiger partial charge in [0, 0.05) is 5.56 Å².